The van der Waals surface area contributed by atoms with Crippen molar-refractivity contribution in [3.8, 4) is 22.3 Å². The molecule has 1 amide bonds. The number of amides is 1. The fourth-order valence-electron chi connectivity index (χ4n) is 5.87. The third-order valence-corrected chi connectivity index (χ3v) is 9.54. The third-order valence-electron chi connectivity index (χ3n) is 7.66. The predicted molar refractivity (Wildman–Crippen MR) is 160 cm³/mol. The standard InChI is InChI=1S/C32H28F3N3O5S/c1-2-3-13-22-25(19-11-5-4-6-12-19)29(36)30(44(42,43)24-17-10-9-16-23(24)38(40)41)27-20-14-7-8-15-21(20)28(26(22)27)31(39)37-18-32(33,34)35/h4-12,14-17,28H,2-3,13,18,36H2,1H3,(H,37,39). The van der Waals surface area contributed by atoms with Crippen LogP contribution in [0.3, 0.4) is 0 Å². The molecule has 44 heavy (non-hydrogen) atoms. The number of benzene rings is 4. The molecule has 12 heteroatoms. The van der Waals surface area contributed by atoms with Crippen LogP contribution in [0.25, 0.3) is 22.3 Å². The number of unbranched alkanes of at least 4 members (excludes halogenated alkanes) is 1. The average Bonchev–Trinajstić information content (AvgIpc) is 3.33. The number of para-hydroxylation sites is 1. The summed E-state index contributed by atoms with van der Waals surface area (Å²) in [5.74, 6) is -2.25. The number of nitro benzene ring substituents is 1. The van der Waals surface area contributed by atoms with Crippen molar-refractivity contribution in [3.63, 3.8) is 0 Å². The molecule has 0 heterocycles. The van der Waals surface area contributed by atoms with Gasteiger partial charge in [0, 0.05) is 17.2 Å². The Bertz CT molecular complexity index is 1880. The molecule has 0 saturated carbocycles. The summed E-state index contributed by atoms with van der Waals surface area (Å²) in [6.45, 7) is 0.368. The van der Waals surface area contributed by atoms with Crippen molar-refractivity contribution in [2.75, 3.05) is 12.3 Å². The molecule has 1 atom stereocenters. The molecule has 5 rings (SSSR count). The van der Waals surface area contributed by atoms with Gasteiger partial charge in [-0.3, -0.25) is 14.9 Å². The Labute approximate surface area is 251 Å². The molecule has 0 bridgehead atoms. The largest absolute Gasteiger partial charge is 0.405 e. The third kappa shape index (κ3) is 5.41. The minimum absolute atomic E-state index is 0.0641. The van der Waals surface area contributed by atoms with Gasteiger partial charge in [-0.2, -0.15) is 13.2 Å². The number of rotatable bonds is 9. The predicted octanol–water partition coefficient (Wildman–Crippen LogP) is 6.81. The van der Waals surface area contributed by atoms with Crippen molar-refractivity contribution in [2.24, 2.45) is 0 Å². The Morgan fingerprint density at radius 1 is 0.977 bits per heavy atom. The maximum Gasteiger partial charge on any atom is 0.405 e. The van der Waals surface area contributed by atoms with Gasteiger partial charge in [0.15, 0.2) is 0 Å². The van der Waals surface area contributed by atoms with Crippen LogP contribution in [0.2, 0.25) is 0 Å². The van der Waals surface area contributed by atoms with Crippen molar-refractivity contribution in [1.29, 1.82) is 0 Å². The molecule has 1 unspecified atom stereocenters. The van der Waals surface area contributed by atoms with Crippen LogP contribution in [-0.4, -0.2) is 32.0 Å². The zero-order valence-corrected chi connectivity index (χ0v) is 24.3. The molecule has 228 valence electrons. The number of nitrogen functional groups attached to an aromatic ring is 1. The van der Waals surface area contributed by atoms with Gasteiger partial charge in [-0.25, -0.2) is 8.42 Å². The maximum absolute atomic E-state index is 14.6. The molecule has 3 N–H and O–H groups in total. The average molecular weight is 624 g/mol. The summed E-state index contributed by atoms with van der Waals surface area (Å²) in [4.78, 5) is 23.8. The molecule has 8 nitrogen and oxygen atoms in total. The van der Waals surface area contributed by atoms with Crippen LogP contribution in [0.1, 0.15) is 42.4 Å². The Morgan fingerprint density at radius 2 is 1.61 bits per heavy atom. The fraction of sp³-hybridized carbons (Fsp3) is 0.219. The second-order valence-electron chi connectivity index (χ2n) is 10.4. The number of nitrogens with zero attached hydrogens (tertiary/aromatic N) is 1. The molecule has 0 radical (unpaired) electrons. The molecule has 1 aliphatic rings. The quantitative estimate of drug-likeness (QED) is 0.120. The van der Waals surface area contributed by atoms with Crippen LogP contribution in [0.4, 0.5) is 24.5 Å². The van der Waals surface area contributed by atoms with E-state index in [1.807, 2.05) is 12.2 Å². The van der Waals surface area contributed by atoms with Crippen LogP contribution in [0, 0.1) is 10.1 Å². The zero-order valence-electron chi connectivity index (χ0n) is 23.5. The highest BCUT2D eigenvalue weighted by Gasteiger charge is 2.44. The summed E-state index contributed by atoms with van der Waals surface area (Å²) in [5.41, 5.74) is 8.27. The highest BCUT2D eigenvalue weighted by Crippen LogP contribution is 2.55. The van der Waals surface area contributed by atoms with Crippen molar-refractivity contribution < 1.29 is 31.3 Å². The summed E-state index contributed by atoms with van der Waals surface area (Å²) in [6.07, 6.45) is -3.01. The van der Waals surface area contributed by atoms with Crippen LogP contribution >= 0.6 is 0 Å². The van der Waals surface area contributed by atoms with E-state index in [4.69, 9.17) is 5.73 Å². The molecule has 0 spiro atoms. The van der Waals surface area contributed by atoms with E-state index < -0.39 is 54.8 Å². The second-order valence-corrected chi connectivity index (χ2v) is 12.3. The number of alkyl halides is 3. The van der Waals surface area contributed by atoms with Crippen molar-refractivity contribution in [1.82, 2.24) is 5.32 Å². The number of nitrogens with one attached hydrogen (secondary N) is 1. The first-order chi connectivity index (χ1) is 20.9. The molecule has 4 aromatic carbocycles. The Morgan fingerprint density at radius 3 is 2.27 bits per heavy atom. The minimum atomic E-state index is -4.74. The van der Waals surface area contributed by atoms with Crippen LogP contribution in [0.15, 0.2) is 88.7 Å². The smallest absolute Gasteiger partial charge is 0.397 e. The molecular weight excluding hydrogens is 595 g/mol. The molecule has 1 aliphatic carbocycles. The first-order valence-corrected chi connectivity index (χ1v) is 15.3. The van der Waals surface area contributed by atoms with Crippen LogP contribution in [-0.2, 0) is 21.1 Å². The van der Waals surface area contributed by atoms with E-state index in [-0.39, 0.29) is 16.8 Å². The van der Waals surface area contributed by atoms with E-state index >= 15 is 0 Å². The van der Waals surface area contributed by atoms with Gasteiger partial charge in [0.25, 0.3) is 5.69 Å². The monoisotopic (exact) mass is 623 g/mol. The number of hydrogen-bond donors (Lipinski definition) is 2. The lowest BCUT2D eigenvalue weighted by atomic mass is 9.84. The molecular formula is C32H28F3N3O5S. The first-order valence-electron chi connectivity index (χ1n) is 13.8. The van der Waals surface area contributed by atoms with Gasteiger partial charge < -0.3 is 11.1 Å². The summed E-state index contributed by atoms with van der Waals surface area (Å²) in [5, 5.41) is 13.9. The van der Waals surface area contributed by atoms with E-state index in [1.165, 1.54) is 12.1 Å². The number of halogens is 3. The lowest BCUT2D eigenvalue weighted by Crippen LogP contribution is -2.37. The molecule has 0 aliphatic heterocycles. The van der Waals surface area contributed by atoms with Gasteiger partial charge in [-0.1, -0.05) is 80.1 Å². The number of fused-ring (bicyclic) bond motifs is 3. The molecule has 0 fully saturated rings. The lowest BCUT2D eigenvalue weighted by Gasteiger charge is -2.25. The van der Waals surface area contributed by atoms with Gasteiger partial charge in [-0.15, -0.1) is 0 Å². The van der Waals surface area contributed by atoms with Crippen molar-refractivity contribution >= 4 is 27.1 Å². The van der Waals surface area contributed by atoms with Gasteiger partial charge in [0.1, 0.15) is 16.3 Å². The fourth-order valence-corrected chi connectivity index (χ4v) is 7.65. The molecule has 0 aromatic heterocycles. The molecule has 4 aromatic rings. The number of carbonyl (C=O) groups excluding carboxylic acids is 1. The van der Waals surface area contributed by atoms with Gasteiger partial charge in [0.2, 0.25) is 15.7 Å². The number of anilines is 1. The maximum atomic E-state index is 14.6. The summed E-state index contributed by atoms with van der Waals surface area (Å²) in [6, 6.07) is 19.9. The summed E-state index contributed by atoms with van der Waals surface area (Å²) < 4.78 is 68.8. The van der Waals surface area contributed by atoms with Gasteiger partial charge in [-0.05, 0) is 46.7 Å². The summed E-state index contributed by atoms with van der Waals surface area (Å²) >= 11 is 0. The van der Waals surface area contributed by atoms with Crippen LogP contribution in [0.5, 0.6) is 0 Å². The van der Waals surface area contributed by atoms with E-state index in [2.05, 4.69) is 0 Å². The summed E-state index contributed by atoms with van der Waals surface area (Å²) in [7, 11) is -4.74. The first kappa shape index (κ1) is 30.7. The number of hydrogen-bond acceptors (Lipinski definition) is 6. The van der Waals surface area contributed by atoms with Gasteiger partial charge >= 0.3 is 6.18 Å². The van der Waals surface area contributed by atoms with Crippen molar-refractivity contribution in [3.05, 3.63) is 106 Å². The van der Waals surface area contributed by atoms with Gasteiger partial charge in [0.05, 0.1) is 16.5 Å². The topological polar surface area (TPSA) is 132 Å². The normalized spacial score (nSPS) is 14.1. The highest BCUT2D eigenvalue weighted by molar-refractivity contribution is 7.92. The Hall–Kier alpha value is -4.71. The number of sulfone groups is 1. The number of nitrogens with two attached hydrogens (primary N) is 1. The molecule has 0 saturated heterocycles. The lowest BCUT2D eigenvalue weighted by molar-refractivity contribution is -0.387. The van der Waals surface area contributed by atoms with E-state index in [0.717, 1.165) is 18.6 Å². The van der Waals surface area contributed by atoms with E-state index in [0.29, 0.717) is 40.7 Å². The number of carbonyl (C=O) groups is 1. The zero-order chi connectivity index (χ0) is 31.8. The SMILES string of the molecule is CCCCc1c(-c2ccccc2)c(N)c(S(=O)(=O)c2ccccc2[N+](=O)[O-])c2c1C(C(=O)NCC(F)(F)F)c1ccccc1-2. The minimum Gasteiger partial charge on any atom is -0.397 e. The number of nitro groups is 1. The van der Waals surface area contributed by atoms with Crippen molar-refractivity contribution in [2.45, 2.75) is 48.1 Å². The van der Waals surface area contributed by atoms with Crippen LogP contribution < -0.4 is 11.1 Å². The van der Waals surface area contributed by atoms with E-state index in [9.17, 15) is 36.5 Å². The second kappa shape index (κ2) is 11.8. The Kier molecular flexibility index (Phi) is 8.21. The van der Waals surface area contributed by atoms with E-state index in [1.54, 1.807) is 54.6 Å². The Balaban J connectivity index is 1.95. The highest BCUT2D eigenvalue weighted by atomic mass is 32.2.